The maximum absolute atomic E-state index is 12.1. The molecule has 4 nitrogen and oxygen atoms in total. The van der Waals surface area contributed by atoms with Gasteiger partial charge >= 0.3 is 0 Å². The summed E-state index contributed by atoms with van der Waals surface area (Å²) in [5.74, 6) is 0.509. The average Bonchev–Trinajstić information content (AvgIpc) is 3.00. The molecule has 0 atom stereocenters. The number of benzene rings is 3. The molecule has 5 heteroatoms. The minimum Gasteiger partial charge on any atom is -0.489 e. The van der Waals surface area contributed by atoms with Crippen LogP contribution in [-0.2, 0) is 17.8 Å². The summed E-state index contributed by atoms with van der Waals surface area (Å²) in [4.78, 5) is 25.4. The molecular formula is C25H21NO3S. The van der Waals surface area contributed by atoms with Crippen molar-refractivity contribution in [2.24, 2.45) is 0 Å². The van der Waals surface area contributed by atoms with Gasteiger partial charge in [0.25, 0.3) is 11.1 Å². The lowest BCUT2D eigenvalue weighted by Crippen LogP contribution is -2.22. The third-order valence-electron chi connectivity index (χ3n) is 5.00. The first-order valence-electron chi connectivity index (χ1n) is 9.61. The molecule has 1 aliphatic rings. The van der Waals surface area contributed by atoms with Crippen LogP contribution < -0.4 is 4.74 Å². The van der Waals surface area contributed by atoms with Gasteiger partial charge in [-0.15, -0.1) is 6.58 Å². The standard InChI is InChI=1S/C25H21NO3S/c1-3-7-19-14-17(15-23-24(27)26(2)25(28)30-23)12-13-22(19)29-16-20-10-6-9-18-8-4-5-11-21(18)20/h3-6,8-15H,1,7,16H2,2H3/b23-15-. The van der Waals surface area contributed by atoms with Gasteiger partial charge in [-0.25, -0.2) is 0 Å². The molecule has 1 fully saturated rings. The molecule has 1 heterocycles. The van der Waals surface area contributed by atoms with Gasteiger partial charge in [0.2, 0.25) is 0 Å². The molecule has 0 bridgehead atoms. The molecule has 0 aromatic heterocycles. The second-order valence-corrected chi connectivity index (χ2v) is 8.02. The highest BCUT2D eigenvalue weighted by molar-refractivity contribution is 8.18. The van der Waals surface area contributed by atoms with E-state index in [0.717, 1.165) is 39.1 Å². The second kappa shape index (κ2) is 8.59. The first-order valence-corrected chi connectivity index (χ1v) is 10.4. The molecule has 0 unspecified atom stereocenters. The van der Waals surface area contributed by atoms with Crippen molar-refractivity contribution in [1.29, 1.82) is 0 Å². The highest BCUT2D eigenvalue weighted by Gasteiger charge is 2.31. The predicted octanol–water partition coefficient (Wildman–Crippen LogP) is 5.81. The van der Waals surface area contributed by atoms with E-state index in [1.54, 1.807) is 6.08 Å². The van der Waals surface area contributed by atoms with Crippen molar-refractivity contribution in [3.8, 4) is 5.75 Å². The van der Waals surface area contributed by atoms with Crippen molar-refractivity contribution in [3.05, 3.63) is 94.9 Å². The Kier molecular flexibility index (Phi) is 5.72. The van der Waals surface area contributed by atoms with Crippen LogP contribution >= 0.6 is 11.8 Å². The van der Waals surface area contributed by atoms with E-state index in [4.69, 9.17) is 4.74 Å². The summed E-state index contributed by atoms with van der Waals surface area (Å²) in [6, 6.07) is 20.2. The maximum atomic E-state index is 12.1. The Balaban J connectivity index is 1.59. The van der Waals surface area contributed by atoms with E-state index < -0.39 is 0 Å². The smallest absolute Gasteiger partial charge is 0.293 e. The first-order chi connectivity index (χ1) is 14.6. The number of allylic oxidation sites excluding steroid dienone is 1. The highest BCUT2D eigenvalue weighted by Crippen LogP contribution is 2.32. The van der Waals surface area contributed by atoms with Crippen molar-refractivity contribution in [2.45, 2.75) is 13.0 Å². The Morgan fingerprint density at radius 1 is 1.03 bits per heavy atom. The van der Waals surface area contributed by atoms with E-state index in [0.29, 0.717) is 17.9 Å². The highest BCUT2D eigenvalue weighted by atomic mass is 32.2. The quantitative estimate of drug-likeness (QED) is 0.376. The topological polar surface area (TPSA) is 46.6 Å². The lowest BCUT2D eigenvalue weighted by molar-refractivity contribution is -0.121. The number of hydrogen-bond acceptors (Lipinski definition) is 4. The number of carbonyl (C=O) groups excluding carboxylic acids is 2. The van der Waals surface area contributed by atoms with Gasteiger partial charge in [0.1, 0.15) is 12.4 Å². The van der Waals surface area contributed by atoms with E-state index in [1.807, 2.05) is 42.5 Å². The van der Waals surface area contributed by atoms with Crippen LogP contribution in [0.15, 0.2) is 78.2 Å². The summed E-state index contributed by atoms with van der Waals surface area (Å²) in [5.41, 5.74) is 2.95. The number of amides is 2. The third-order valence-corrected chi connectivity index (χ3v) is 5.96. The zero-order valence-corrected chi connectivity index (χ0v) is 17.4. The fourth-order valence-electron chi connectivity index (χ4n) is 3.42. The molecule has 1 saturated heterocycles. The molecule has 0 spiro atoms. The van der Waals surface area contributed by atoms with Gasteiger partial charge in [-0.1, -0.05) is 54.6 Å². The van der Waals surface area contributed by atoms with Gasteiger partial charge in [0.05, 0.1) is 4.91 Å². The summed E-state index contributed by atoms with van der Waals surface area (Å²) in [7, 11) is 1.49. The number of likely N-dealkylation sites (N-methyl/N-ethyl adjacent to an activating group) is 1. The van der Waals surface area contributed by atoms with Gasteiger partial charge < -0.3 is 4.74 Å². The lowest BCUT2D eigenvalue weighted by atomic mass is 10.0. The van der Waals surface area contributed by atoms with Gasteiger partial charge in [0.15, 0.2) is 0 Å². The summed E-state index contributed by atoms with van der Waals surface area (Å²) in [6.07, 6.45) is 4.21. The van der Waals surface area contributed by atoms with E-state index >= 15 is 0 Å². The van der Waals surface area contributed by atoms with Crippen molar-refractivity contribution in [1.82, 2.24) is 4.90 Å². The van der Waals surface area contributed by atoms with Crippen LogP contribution in [0, 0.1) is 0 Å². The molecule has 3 aromatic carbocycles. The van der Waals surface area contributed by atoms with E-state index in [9.17, 15) is 9.59 Å². The second-order valence-electron chi connectivity index (χ2n) is 7.03. The molecule has 150 valence electrons. The van der Waals surface area contributed by atoms with Crippen LogP contribution in [0.25, 0.3) is 16.8 Å². The number of imide groups is 1. The monoisotopic (exact) mass is 415 g/mol. The number of thioether (sulfide) groups is 1. The van der Waals surface area contributed by atoms with Crippen LogP contribution in [0.3, 0.4) is 0 Å². The Morgan fingerprint density at radius 2 is 1.83 bits per heavy atom. The van der Waals surface area contributed by atoms with Crippen molar-refractivity contribution >= 4 is 39.8 Å². The van der Waals surface area contributed by atoms with E-state index in [1.165, 1.54) is 17.8 Å². The maximum Gasteiger partial charge on any atom is 0.293 e. The van der Waals surface area contributed by atoms with Crippen molar-refractivity contribution < 1.29 is 14.3 Å². The van der Waals surface area contributed by atoms with Gasteiger partial charge in [-0.2, -0.15) is 0 Å². The number of nitrogens with zero attached hydrogens (tertiary/aromatic N) is 1. The molecular weight excluding hydrogens is 394 g/mol. The fraction of sp³-hybridized carbons (Fsp3) is 0.120. The van der Waals surface area contributed by atoms with Crippen LogP contribution in [-0.4, -0.2) is 23.1 Å². The molecule has 0 aliphatic carbocycles. The van der Waals surface area contributed by atoms with Gasteiger partial charge in [-0.05, 0) is 63.9 Å². The van der Waals surface area contributed by atoms with Gasteiger partial charge in [0, 0.05) is 7.05 Å². The normalized spacial score (nSPS) is 15.2. The molecule has 2 amide bonds. The van der Waals surface area contributed by atoms with Crippen LogP contribution in [0.1, 0.15) is 16.7 Å². The molecule has 0 radical (unpaired) electrons. The molecule has 1 aliphatic heterocycles. The largest absolute Gasteiger partial charge is 0.489 e. The summed E-state index contributed by atoms with van der Waals surface area (Å²) < 4.78 is 6.16. The lowest BCUT2D eigenvalue weighted by Gasteiger charge is -2.13. The number of hydrogen-bond donors (Lipinski definition) is 0. The Bertz CT molecular complexity index is 1180. The average molecular weight is 416 g/mol. The molecule has 3 aromatic rings. The number of fused-ring (bicyclic) bond motifs is 1. The van der Waals surface area contributed by atoms with Crippen molar-refractivity contribution in [2.75, 3.05) is 7.05 Å². The summed E-state index contributed by atoms with van der Waals surface area (Å²) in [6.45, 7) is 4.30. The number of ether oxygens (including phenoxy) is 1. The first kappa shape index (κ1) is 20.0. The molecule has 0 N–H and O–H groups in total. The zero-order valence-electron chi connectivity index (χ0n) is 16.6. The summed E-state index contributed by atoms with van der Waals surface area (Å²) >= 11 is 0.956. The molecule has 30 heavy (non-hydrogen) atoms. The fourth-order valence-corrected chi connectivity index (χ4v) is 4.24. The zero-order chi connectivity index (χ0) is 21.1. The van der Waals surface area contributed by atoms with Gasteiger partial charge in [-0.3, -0.25) is 14.5 Å². The number of rotatable bonds is 6. The van der Waals surface area contributed by atoms with Crippen LogP contribution in [0.5, 0.6) is 5.75 Å². The SMILES string of the molecule is C=CCc1cc(/C=C2\SC(=O)N(C)C2=O)ccc1OCc1cccc2ccccc12. The van der Waals surface area contributed by atoms with E-state index in [2.05, 4.69) is 30.8 Å². The Labute approximate surface area is 179 Å². The van der Waals surface area contributed by atoms with Crippen LogP contribution in [0.2, 0.25) is 0 Å². The third kappa shape index (κ3) is 4.02. The summed E-state index contributed by atoms with van der Waals surface area (Å²) in [5, 5.41) is 2.11. The van der Waals surface area contributed by atoms with Crippen molar-refractivity contribution in [3.63, 3.8) is 0 Å². The Morgan fingerprint density at radius 3 is 2.60 bits per heavy atom. The van der Waals surface area contributed by atoms with E-state index in [-0.39, 0.29) is 11.1 Å². The van der Waals surface area contributed by atoms with Crippen LogP contribution in [0.4, 0.5) is 4.79 Å². The predicted molar refractivity (Wildman–Crippen MR) is 122 cm³/mol. The molecule has 4 rings (SSSR count). The Hall–Kier alpha value is -3.31. The minimum absolute atomic E-state index is 0.257. The molecule has 0 saturated carbocycles. The number of carbonyl (C=O) groups is 2. The minimum atomic E-state index is -0.272.